The maximum Gasteiger partial charge on any atom is 0.270 e. The third-order valence-electron chi connectivity index (χ3n) is 3.46. The lowest BCUT2D eigenvalue weighted by molar-refractivity contribution is -0.127. The largest absolute Gasteiger partial charge is 0.373 e. The number of carbonyl (C=O) groups is 1. The molecule has 0 aromatic heterocycles. The molecular formula is C20H32N4O. The zero-order chi connectivity index (χ0) is 19.2. The Balaban J connectivity index is 5.34. The number of hydrogen-bond donors (Lipinski definition) is 1. The molecule has 0 saturated carbocycles. The van der Waals surface area contributed by atoms with Crippen LogP contribution < -0.4 is 0 Å². The van der Waals surface area contributed by atoms with Crippen molar-refractivity contribution in [1.29, 1.82) is 5.41 Å². The minimum absolute atomic E-state index is 0.0945. The van der Waals surface area contributed by atoms with E-state index in [1.165, 1.54) is 6.21 Å². The van der Waals surface area contributed by atoms with Gasteiger partial charge in [-0.05, 0) is 39.3 Å². The van der Waals surface area contributed by atoms with E-state index >= 15 is 0 Å². The Morgan fingerprint density at radius 1 is 1.16 bits per heavy atom. The molecule has 138 valence electrons. The lowest BCUT2D eigenvalue weighted by Gasteiger charge is -2.26. The fraction of sp³-hybridized carbons (Fsp3) is 0.450. The number of likely N-dealkylation sites (N-methyl/N-ethyl adjacent to an activating group) is 2. The summed E-state index contributed by atoms with van der Waals surface area (Å²) >= 11 is 0. The highest BCUT2D eigenvalue weighted by atomic mass is 16.2. The van der Waals surface area contributed by atoms with Crippen LogP contribution in [0.2, 0.25) is 0 Å². The molecule has 25 heavy (non-hydrogen) atoms. The summed E-state index contributed by atoms with van der Waals surface area (Å²) in [5.74, 6) is -0.0945. The molecule has 0 saturated heterocycles. The van der Waals surface area contributed by atoms with Crippen LogP contribution in [0.1, 0.15) is 27.7 Å². The standard InChI is InChI=1S/C20H32N4O/c1-7-11-13-22-15-18(21)14-19(23(5)6)20(25)24(10-4)16-17(9-3)12-8-2/h7-9,11-12,14-15,21H,10,13,16H2,1-6H3/b11-7-,12-8?,17-9?,19-14-,21-18?,22-15?. The summed E-state index contributed by atoms with van der Waals surface area (Å²) < 4.78 is 0. The Hall–Kier alpha value is -2.43. The van der Waals surface area contributed by atoms with Gasteiger partial charge >= 0.3 is 0 Å². The average molecular weight is 345 g/mol. The van der Waals surface area contributed by atoms with E-state index < -0.39 is 0 Å². The Kier molecular flexibility index (Phi) is 11.7. The van der Waals surface area contributed by atoms with E-state index in [9.17, 15) is 4.79 Å². The lowest BCUT2D eigenvalue weighted by Crippen LogP contribution is -2.37. The lowest BCUT2D eigenvalue weighted by atomic mass is 10.2. The summed E-state index contributed by atoms with van der Waals surface area (Å²) in [6.45, 7) is 9.49. The Morgan fingerprint density at radius 2 is 1.84 bits per heavy atom. The maximum atomic E-state index is 12.9. The van der Waals surface area contributed by atoms with E-state index in [0.717, 1.165) is 5.57 Å². The van der Waals surface area contributed by atoms with E-state index in [1.54, 1.807) is 15.9 Å². The quantitative estimate of drug-likeness (QED) is 0.285. The molecule has 0 aliphatic rings. The summed E-state index contributed by atoms with van der Waals surface area (Å²) in [4.78, 5) is 20.5. The first-order chi connectivity index (χ1) is 11.9. The van der Waals surface area contributed by atoms with Gasteiger partial charge in [0.2, 0.25) is 0 Å². The number of allylic oxidation sites excluding steroid dienone is 4. The molecule has 0 atom stereocenters. The van der Waals surface area contributed by atoms with Crippen molar-refractivity contribution in [1.82, 2.24) is 9.80 Å². The van der Waals surface area contributed by atoms with E-state index in [0.29, 0.717) is 25.3 Å². The fourth-order valence-corrected chi connectivity index (χ4v) is 2.05. The molecule has 0 aliphatic carbocycles. The monoisotopic (exact) mass is 344 g/mol. The Bertz CT molecular complexity index is 581. The van der Waals surface area contributed by atoms with Crippen LogP contribution in [0.15, 0.2) is 52.7 Å². The maximum absolute atomic E-state index is 12.9. The van der Waals surface area contributed by atoms with Gasteiger partial charge in [-0.2, -0.15) is 0 Å². The summed E-state index contributed by atoms with van der Waals surface area (Å²) in [5, 5.41) is 8.01. The number of amides is 1. The number of rotatable bonds is 10. The van der Waals surface area contributed by atoms with E-state index in [2.05, 4.69) is 4.99 Å². The molecule has 0 aromatic carbocycles. The summed E-state index contributed by atoms with van der Waals surface area (Å²) in [7, 11) is 3.62. The number of nitrogens with one attached hydrogen (secondary N) is 1. The summed E-state index contributed by atoms with van der Waals surface area (Å²) in [6, 6.07) is 0. The highest BCUT2D eigenvalue weighted by molar-refractivity contribution is 6.35. The number of carbonyl (C=O) groups excluding carboxylic acids is 1. The molecule has 0 bridgehead atoms. The fourth-order valence-electron chi connectivity index (χ4n) is 2.05. The van der Waals surface area contributed by atoms with Crippen molar-refractivity contribution in [3.05, 3.63) is 47.7 Å². The van der Waals surface area contributed by atoms with Gasteiger partial charge in [0, 0.05) is 33.4 Å². The van der Waals surface area contributed by atoms with Crippen molar-refractivity contribution >= 4 is 17.8 Å². The van der Waals surface area contributed by atoms with Gasteiger partial charge in [0.25, 0.3) is 5.91 Å². The smallest absolute Gasteiger partial charge is 0.270 e. The first-order valence-electron chi connectivity index (χ1n) is 8.56. The second kappa shape index (κ2) is 12.9. The highest BCUT2D eigenvalue weighted by Gasteiger charge is 2.19. The van der Waals surface area contributed by atoms with Gasteiger partial charge in [0.05, 0.1) is 12.3 Å². The third-order valence-corrected chi connectivity index (χ3v) is 3.46. The minimum Gasteiger partial charge on any atom is -0.373 e. The first kappa shape index (κ1) is 22.6. The SMILES string of the molecule is CC=CC(=CC)CN(CC)C(=O)/C(=C/C(=N)C=NC/C=C\C)N(C)C. The normalized spacial score (nSPS) is 13.2. The Labute approximate surface area is 152 Å². The van der Waals surface area contributed by atoms with Crippen molar-refractivity contribution in [2.24, 2.45) is 4.99 Å². The summed E-state index contributed by atoms with van der Waals surface area (Å²) in [5.41, 5.74) is 1.76. The van der Waals surface area contributed by atoms with Crippen molar-refractivity contribution in [2.45, 2.75) is 27.7 Å². The van der Waals surface area contributed by atoms with Gasteiger partial charge in [0.15, 0.2) is 0 Å². The molecule has 1 N–H and O–H groups in total. The van der Waals surface area contributed by atoms with Crippen LogP contribution in [0.25, 0.3) is 0 Å². The van der Waals surface area contributed by atoms with E-state index in [-0.39, 0.29) is 11.6 Å². The van der Waals surface area contributed by atoms with Gasteiger partial charge in [-0.1, -0.05) is 30.4 Å². The molecule has 0 spiro atoms. The van der Waals surface area contributed by atoms with Gasteiger partial charge in [-0.3, -0.25) is 15.2 Å². The second-order valence-electron chi connectivity index (χ2n) is 5.63. The number of hydrogen-bond acceptors (Lipinski definition) is 4. The zero-order valence-electron chi connectivity index (χ0n) is 16.4. The average Bonchev–Trinajstić information content (AvgIpc) is 2.59. The Morgan fingerprint density at radius 3 is 2.32 bits per heavy atom. The highest BCUT2D eigenvalue weighted by Crippen LogP contribution is 2.09. The first-order valence-corrected chi connectivity index (χ1v) is 8.56. The molecule has 0 rings (SSSR count). The molecule has 0 radical (unpaired) electrons. The molecule has 0 heterocycles. The van der Waals surface area contributed by atoms with Crippen molar-refractivity contribution in [2.75, 3.05) is 33.7 Å². The number of nitrogens with zero attached hydrogens (tertiary/aromatic N) is 3. The molecule has 1 amide bonds. The van der Waals surface area contributed by atoms with Gasteiger partial charge in [-0.25, -0.2) is 0 Å². The van der Waals surface area contributed by atoms with Crippen LogP contribution in [-0.4, -0.2) is 61.4 Å². The van der Waals surface area contributed by atoms with Crippen molar-refractivity contribution in [3.8, 4) is 0 Å². The molecule has 5 nitrogen and oxygen atoms in total. The van der Waals surface area contributed by atoms with Gasteiger partial charge in [0.1, 0.15) is 5.70 Å². The summed E-state index contributed by atoms with van der Waals surface area (Å²) in [6.07, 6.45) is 12.8. The van der Waals surface area contributed by atoms with Gasteiger partial charge < -0.3 is 9.80 Å². The topological polar surface area (TPSA) is 59.8 Å². The van der Waals surface area contributed by atoms with Crippen LogP contribution in [0.4, 0.5) is 0 Å². The van der Waals surface area contributed by atoms with Crippen LogP contribution >= 0.6 is 0 Å². The van der Waals surface area contributed by atoms with Crippen molar-refractivity contribution in [3.63, 3.8) is 0 Å². The van der Waals surface area contributed by atoms with Crippen molar-refractivity contribution < 1.29 is 4.79 Å². The predicted octanol–water partition coefficient (Wildman–Crippen LogP) is 3.47. The zero-order valence-corrected chi connectivity index (χ0v) is 16.4. The van der Waals surface area contributed by atoms with E-state index in [1.807, 2.05) is 72.2 Å². The predicted molar refractivity (Wildman–Crippen MR) is 108 cm³/mol. The number of aliphatic imine (C=N–C) groups is 1. The molecule has 0 aliphatic heterocycles. The minimum atomic E-state index is -0.0945. The molecule has 5 heteroatoms. The third kappa shape index (κ3) is 8.84. The van der Waals surface area contributed by atoms with Gasteiger partial charge in [-0.15, -0.1) is 0 Å². The van der Waals surface area contributed by atoms with Crippen LogP contribution in [-0.2, 0) is 4.79 Å². The van der Waals surface area contributed by atoms with Crippen LogP contribution in [0.3, 0.4) is 0 Å². The van der Waals surface area contributed by atoms with E-state index in [4.69, 9.17) is 5.41 Å². The molecule has 0 fully saturated rings. The van der Waals surface area contributed by atoms with Crippen LogP contribution in [0.5, 0.6) is 0 Å². The molecule has 0 aromatic rings. The molecular weight excluding hydrogens is 312 g/mol. The van der Waals surface area contributed by atoms with Crippen LogP contribution in [0, 0.1) is 5.41 Å². The molecule has 0 unspecified atom stereocenters. The second-order valence-corrected chi connectivity index (χ2v) is 5.63.